The zero-order valence-electron chi connectivity index (χ0n) is 14.1. The van der Waals surface area contributed by atoms with E-state index in [1.54, 1.807) is 0 Å². The number of benzene rings is 1. The minimum Gasteiger partial charge on any atom is -0.491 e. The van der Waals surface area contributed by atoms with Crippen LogP contribution in [-0.2, 0) is 28.7 Å². The number of ether oxygens (including phenoxy) is 3. The Morgan fingerprint density at radius 1 is 0.960 bits per heavy atom. The summed E-state index contributed by atoms with van der Waals surface area (Å²) in [6.45, 7) is 2.90. The summed E-state index contributed by atoms with van der Waals surface area (Å²) in [6, 6.07) is 7.71. The van der Waals surface area contributed by atoms with Crippen LogP contribution in [0.1, 0.15) is 18.4 Å². The molecule has 0 unspecified atom stereocenters. The number of amides is 2. The van der Waals surface area contributed by atoms with Crippen LogP contribution in [0.3, 0.4) is 0 Å². The van der Waals surface area contributed by atoms with Gasteiger partial charge in [0.15, 0.2) is 0 Å². The van der Waals surface area contributed by atoms with E-state index in [2.05, 4.69) is 4.84 Å². The monoisotopic (exact) mass is 351 g/mol. The van der Waals surface area contributed by atoms with Gasteiger partial charge in [-0.25, -0.2) is 4.79 Å². The molecule has 0 aromatic heterocycles. The second-order valence-corrected chi connectivity index (χ2v) is 5.37. The number of imide groups is 1. The van der Waals surface area contributed by atoms with Gasteiger partial charge in [0.05, 0.1) is 19.8 Å². The highest BCUT2D eigenvalue weighted by Gasteiger charge is 2.32. The third kappa shape index (κ3) is 6.52. The molecule has 1 heterocycles. The van der Waals surface area contributed by atoms with Crippen LogP contribution in [-0.4, -0.2) is 55.9 Å². The summed E-state index contributed by atoms with van der Waals surface area (Å²) in [5.41, 5.74) is 1.16. The SMILES string of the molecule is Cc1ccc(OCCOCCOCC(=O)ON2C(=O)CCC2=O)cc1. The Labute approximate surface area is 145 Å². The first-order valence-electron chi connectivity index (χ1n) is 7.98. The highest BCUT2D eigenvalue weighted by atomic mass is 16.7. The molecule has 0 N–H and O–H groups in total. The lowest BCUT2D eigenvalue weighted by Crippen LogP contribution is -2.33. The number of aryl methyl sites for hydroxylation is 1. The molecule has 0 aliphatic carbocycles. The Morgan fingerprint density at radius 2 is 1.56 bits per heavy atom. The molecule has 0 saturated carbocycles. The summed E-state index contributed by atoms with van der Waals surface area (Å²) in [7, 11) is 0. The topological polar surface area (TPSA) is 91.4 Å². The molecule has 1 aromatic carbocycles. The van der Waals surface area contributed by atoms with Crippen molar-refractivity contribution in [3.63, 3.8) is 0 Å². The van der Waals surface area contributed by atoms with Crippen molar-refractivity contribution in [3.05, 3.63) is 29.8 Å². The van der Waals surface area contributed by atoms with E-state index in [0.29, 0.717) is 18.3 Å². The summed E-state index contributed by atoms with van der Waals surface area (Å²) in [6.07, 6.45) is 0.122. The average Bonchev–Trinajstić information content (AvgIpc) is 2.91. The minimum absolute atomic E-state index is 0.0610. The van der Waals surface area contributed by atoms with Crippen molar-refractivity contribution in [1.29, 1.82) is 0 Å². The van der Waals surface area contributed by atoms with E-state index >= 15 is 0 Å². The highest BCUT2D eigenvalue weighted by molar-refractivity contribution is 6.01. The van der Waals surface area contributed by atoms with Gasteiger partial charge in [-0.05, 0) is 19.1 Å². The molecule has 8 nitrogen and oxygen atoms in total. The van der Waals surface area contributed by atoms with Crippen LogP contribution in [0, 0.1) is 6.92 Å². The molecule has 2 amide bonds. The van der Waals surface area contributed by atoms with Crippen LogP contribution >= 0.6 is 0 Å². The molecule has 1 fully saturated rings. The van der Waals surface area contributed by atoms with Crippen molar-refractivity contribution in [1.82, 2.24) is 5.06 Å². The summed E-state index contributed by atoms with van der Waals surface area (Å²) in [5, 5.41) is 0.491. The van der Waals surface area contributed by atoms with E-state index in [4.69, 9.17) is 14.2 Å². The van der Waals surface area contributed by atoms with E-state index in [9.17, 15) is 14.4 Å². The third-order valence-electron chi connectivity index (χ3n) is 3.31. The van der Waals surface area contributed by atoms with E-state index in [1.807, 2.05) is 31.2 Å². The van der Waals surface area contributed by atoms with Gasteiger partial charge >= 0.3 is 5.97 Å². The van der Waals surface area contributed by atoms with Crippen LogP contribution < -0.4 is 4.74 Å². The van der Waals surface area contributed by atoms with Crippen LogP contribution in [0.15, 0.2) is 24.3 Å². The van der Waals surface area contributed by atoms with Crippen LogP contribution in [0.2, 0.25) is 0 Å². The van der Waals surface area contributed by atoms with Gasteiger partial charge in [-0.1, -0.05) is 17.7 Å². The van der Waals surface area contributed by atoms with Gasteiger partial charge in [0.2, 0.25) is 0 Å². The zero-order valence-corrected chi connectivity index (χ0v) is 14.1. The fraction of sp³-hybridized carbons (Fsp3) is 0.471. The summed E-state index contributed by atoms with van der Waals surface area (Å²) in [4.78, 5) is 38.6. The first-order chi connectivity index (χ1) is 12.1. The summed E-state index contributed by atoms with van der Waals surface area (Å²) >= 11 is 0. The number of carbonyl (C=O) groups is 3. The van der Waals surface area contributed by atoms with E-state index in [-0.39, 0.29) is 32.7 Å². The van der Waals surface area contributed by atoms with Gasteiger partial charge in [0.1, 0.15) is 19.0 Å². The largest absolute Gasteiger partial charge is 0.491 e. The van der Waals surface area contributed by atoms with Crippen molar-refractivity contribution < 1.29 is 33.4 Å². The lowest BCUT2D eigenvalue weighted by atomic mass is 10.2. The molecule has 0 atom stereocenters. The first-order valence-corrected chi connectivity index (χ1v) is 7.98. The molecule has 2 rings (SSSR count). The van der Waals surface area contributed by atoms with Gasteiger partial charge < -0.3 is 19.0 Å². The molecule has 0 radical (unpaired) electrons. The Kier molecular flexibility index (Phi) is 7.36. The predicted octanol–water partition coefficient (Wildman–Crippen LogP) is 1.01. The maximum absolute atomic E-state index is 11.5. The number of hydrogen-bond donors (Lipinski definition) is 0. The molecular weight excluding hydrogens is 330 g/mol. The highest BCUT2D eigenvalue weighted by Crippen LogP contribution is 2.12. The van der Waals surface area contributed by atoms with Gasteiger partial charge in [-0.2, -0.15) is 0 Å². The standard InChI is InChI=1S/C17H21NO7/c1-13-2-4-14(5-3-13)24-11-10-22-8-9-23-12-17(21)25-18-15(19)6-7-16(18)20/h2-5H,6-12H2,1H3. The molecule has 0 bridgehead atoms. The van der Waals surface area contributed by atoms with Crippen LogP contribution in [0.25, 0.3) is 0 Å². The molecule has 136 valence electrons. The van der Waals surface area contributed by atoms with Crippen molar-refractivity contribution in [3.8, 4) is 5.75 Å². The van der Waals surface area contributed by atoms with Gasteiger partial charge in [0.25, 0.3) is 11.8 Å². The summed E-state index contributed by atoms with van der Waals surface area (Å²) in [5.74, 6) is -1.06. The van der Waals surface area contributed by atoms with Crippen LogP contribution in [0.4, 0.5) is 0 Å². The number of hydroxylamine groups is 2. The van der Waals surface area contributed by atoms with Gasteiger partial charge in [-0.3, -0.25) is 9.59 Å². The normalized spacial score (nSPS) is 14.0. The molecule has 1 aromatic rings. The summed E-state index contributed by atoms with van der Waals surface area (Å²) < 4.78 is 15.9. The molecule has 25 heavy (non-hydrogen) atoms. The van der Waals surface area contributed by atoms with Crippen molar-refractivity contribution in [2.24, 2.45) is 0 Å². The first kappa shape index (κ1) is 18.9. The lowest BCUT2D eigenvalue weighted by Gasteiger charge is -2.12. The molecule has 8 heteroatoms. The predicted molar refractivity (Wildman–Crippen MR) is 85.5 cm³/mol. The van der Waals surface area contributed by atoms with Crippen molar-refractivity contribution >= 4 is 17.8 Å². The average molecular weight is 351 g/mol. The second kappa shape index (κ2) is 9.75. The van der Waals surface area contributed by atoms with E-state index in [1.165, 1.54) is 0 Å². The number of nitrogens with zero attached hydrogens (tertiary/aromatic N) is 1. The Morgan fingerprint density at radius 3 is 2.24 bits per heavy atom. The number of carbonyl (C=O) groups excluding carboxylic acids is 3. The number of hydrogen-bond acceptors (Lipinski definition) is 7. The van der Waals surface area contributed by atoms with Crippen molar-refractivity contribution in [2.75, 3.05) is 33.0 Å². The fourth-order valence-corrected chi connectivity index (χ4v) is 2.01. The third-order valence-corrected chi connectivity index (χ3v) is 3.31. The number of rotatable bonds is 10. The Bertz CT molecular complexity index is 584. The maximum atomic E-state index is 11.5. The maximum Gasteiger partial charge on any atom is 0.358 e. The van der Waals surface area contributed by atoms with E-state index < -0.39 is 17.8 Å². The molecule has 1 saturated heterocycles. The quantitative estimate of drug-likeness (QED) is 0.459. The van der Waals surface area contributed by atoms with Crippen molar-refractivity contribution in [2.45, 2.75) is 19.8 Å². The zero-order chi connectivity index (χ0) is 18.1. The molecule has 1 aliphatic rings. The minimum atomic E-state index is -0.800. The Balaban J connectivity index is 1.46. The van der Waals surface area contributed by atoms with Gasteiger partial charge in [0, 0.05) is 12.8 Å². The second-order valence-electron chi connectivity index (χ2n) is 5.37. The Hall–Kier alpha value is -2.45. The molecule has 0 spiro atoms. The lowest BCUT2D eigenvalue weighted by molar-refractivity contribution is -0.200. The smallest absolute Gasteiger partial charge is 0.358 e. The molecule has 1 aliphatic heterocycles. The molecular formula is C17H21NO7. The fourth-order valence-electron chi connectivity index (χ4n) is 2.01. The van der Waals surface area contributed by atoms with Gasteiger partial charge in [-0.15, -0.1) is 5.06 Å². The van der Waals surface area contributed by atoms with Crippen LogP contribution in [0.5, 0.6) is 5.75 Å². The van der Waals surface area contributed by atoms with E-state index in [0.717, 1.165) is 11.3 Å².